The van der Waals surface area contributed by atoms with Crippen molar-refractivity contribution in [3.8, 4) is 0 Å². The predicted octanol–water partition coefficient (Wildman–Crippen LogP) is 2.34. The molecule has 0 spiro atoms. The first-order valence-electron chi connectivity index (χ1n) is 17.3. The highest BCUT2D eigenvalue weighted by Crippen LogP contribution is 2.30. The van der Waals surface area contributed by atoms with Crippen LogP contribution in [0.3, 0.4) is 0 Å². The van der Waals surface area contributed by atoms with Crippen molar-refractivity contribution in [2.45, 2.75) is 117 Å². The molecule has 1 aromatic heterocycles. The van der Waals surface area contributed by atoms with Crippen molar-refractivity contribution in [1.29, 1.82) is 0 Å². The van der Waals surface area contributed by atoms with Gasteiger partial charge < -0.3 is 31.3 Å². The lowest BCUT2D eigenvalue weighted by Gasteiger charge is -2.30. The maximum absolute atomic E-state index is 13.2. The average molecular weight is 660 g/mol. The van der Waals surface area contributed by atoms with E-state index in [9.17, 15) is 29.1 Å². The number of aliphatic hydroxyl groups is 1. The normalized spacial score (nSPS) is 17.0. The van der Waals surface area contributed by atoms with Gasteiger partial charge in [0.15, 0.2) is 0 Å². The van der Waals surface area contributed by atoms with Crippen molar-refractivity contribution >= 4 is 29.5 Å². The minimum absolute atomic E-state index is 0.0682. The van der Waals surface area contributed by atoms with Gasteiger partial charge >= 0.3 is 0 Å². The molecular weight excluding hydrogens is 602 g/mol. The Bertz CT molecular complexity index is 1120. The molecule has 2 unspecified atom stereocenters. The molecule has 3 aliphatic rings. The first kappa shape index (κ1) is 39.6. The second-order valence-corrected chi connectivity index (χ2v) is 13.4. The summed E-state index contributed by atoms with van der Waals surface area (Å²) in [5.74, 6) is -1.37. The minimum Gasteiger partial charge on any atom is -0.381 e. The van der Waals surface area contributed by atoms with Crippen molar-refractivity contribution in [3.05, 3.63) is 24.3 Å². The number of aromatic nitrogens is 2. The van der Waals surface area contributed by atoms with Crippen LogP contribution in [0.25, 0.3) is 0 Å². The van der Waals surface area contributed by atoms with Gasteiger partial charge in [0.05, 0.1) is 25.8 Å². The van der Waals surface area contributed by atoms with Crippen LogP contribution in [-0.2, 0) is 19.2 Å². The third-order valence-corrected chi connectivity index (χ3v) is 7.48. The lowest BCUT2D eigenvalue weighted by molar-refractivity contribution is -0.137. The number of rotatable bonds is 14. The van der Waals surface area contributed by atoms with Gasteiger partial charge in [0.25, 0.3) is 11.8 Å². The lowest BCUT2D eigenvalue weighted by Crippen LogP contribution is -2.54. The average Bonchev–Trinajstić information content (AvgIpc) is 3.99. The van der Waals surface area contributed by atoms with Crippen LogP contribution in [0, 0.1) is 17.8 Å². The van der Waals surface area contributed by atoms with Crippen molar-refractivity contribution < 1.29 is 29.1 Å². The highest BCUT2D eigenvalue weighted by Gasteiger charge is 2.33. The summed E-state index contributed by atoms with van der Waals surface area (Å²) in [5, 5.41) is 20.6. The van der Waals surface area contributed by atoms with Crippen molar-refractivity contribution in [2.24, 2.45) is 17.8 Å². The van der Waals surface area contributed by atoms with Gasteiger partial charge in [0.1, 0.15) is 17.8 Å². The summed E-state index contributed by atoms with van der Waals surface area (Å²) in [7, 11) is 0. The van der Waals surface area contributed by atoms with Crippen LogP contribution < -0.4 is 21.3 Å². The van der Waals surface area contributed by atoms with E-state index in [4.69, 9.17) is 0 Å². The predicted molar refractivity (Wildman–Crippen MR) is 179 cm³/mol. The third kappa shape index (κ3) is 16.7. The van der Waals surface area contributed by atoms with E-state index >= 15 is 0 Å². The van der Waals surface area contributed by atoms with Gasteiger partial charge in [0, 0.05) is 25.0 Å². The molecule has 2 atom stereocenters. The van der Waals surface area contributed by atoms with Gasteiger partial charge in [0.2, 0.25) is 17.7 Å². The molecule has 5 amide bonds. The Kier molecular flexibility index (Phi) is 17.9. The van der Waals surface area contributed by atoms with Crippen LogP contribution in [0.4, 0.5) is 0 Å². The molecule has 3 fully saturated rings. The summed E-state index contributed by atoms with van der Waals surface area (Å²) in [6.07, 6.45) is 12.3. The van der Waals surface area contributed by atoms with Gasteiger partial charge in [-0.2, -0.15) is 0 Å². The Labute approximate surface area is 279 Å². The molecule has 5 N–H and O–H groups in total. The van der Waals surface area contributed by atoms with Crippen LogP contribution in [0.1, 0.15) is 109 Å². The molecule has 3 saturated carbocycles. The van der Waals surface area contributed by atoms with Gasteiger partial charge in [-0.05, 0) is 56.3 Å². The standard InChI is InChI=1S/C27H39N7O6.C4H10.C3H8/c35-21(26(39)32-19-8-9-19)13-30-22(36)16-34(15-17-6-7-17)23(37)14-31-27(40)24(18-4-2-1-3-5-18)33-25(38)20-12-28-10-11-29-20;1-4(2)3;1-3-2/h10-12,17-19,21,24,35H,1-9,13-16H2,(H,30,36)(H,31,40)(H,32,39)(H,33,38);4H,1-3H3;3H2,1-2H3. The summed E-state index contributed by atoms with van der Waals surface area (Å²) in [6.45, 7) is 10.3. The van der Waals surface area contributed by atoms with Gasteiger partial charge in [-0.25, -0.2) is 4.98 Å². The Morgan fingerprint density at radius 2 is 1.55 bits per heavy atom. The fourth-order valence-electron chi connectivity index (χ4n) is 4.81. The van der Waals surface area contributed by atoms with Crippen LogP contribution in [0.5, 0.6) is 0 Å². The molecule has 47 heavy (non-hydrogen) atoms. The molecule has 13 nitrogen and oxygen atoms in total. The Morgan fingerprint density at radius 1 is 0.915 bits per heavy atom. The second kappa shape index (κ2) is 21.3. The fourth-order valence-corrected chi connectivity index (χ4v) is 4.81. The van der Waals surface area contributed by atoms with Crippen LogP contribution >= 0.6 is 0 Å². The molecule has 0 saturated heterocycles. The number of carbonyl (C=O) groups excluding carboxylic acids is 5. The molecule has 0 aromatic carbocycles. The van der Waals surface area contributed by atoms with E-state index in [0.717, 1.165) is 63.7 Å². The van der Waals surface area contributed by atoms with E-state index in [2.05, 4.69) is 65.9 Å². The fraction of sp³-hybridized carbons (Fsp3) is 0.735. The minimum atomic E-state index is -1.37. The van der Waals surface area contributed by atoms with E-state index in [0.29, 0.717) is 12.5 Å². The van der Waals surface area contributed by atoms with E-state index in [-0.39, 0.29) is 37.3 Å². The molecule has 0 aliphatic heterocycles. The van der Waals surface area contributed by atoms with E-state index in [1.165, 1.54) is 29.9 Å². The summed E-state index contributed by atoms with van der Waals surface area (Å²) in [6, 6.07) is -0.733. The highest BCUT2D eigenvalue weighted by molar-refractivity contribution is 5.97. The third-order valence-electron chi connectivity index (χ3n) is 7.48. The molecule has 13 heteroatoms. The molecular formula is C34H57N7O6. The smallest absolute Gasteiger partial charge is 0.272 e. The molecule has 1 heterocycles. The summed E-state index contributed by atoms with van der Waals surface area (Å²) >= 11 is 0. The van der Waals surface area contributed by atoms with E-state index in [1.807, 2.05) is 0 Å². The SMILES string of the molecule is CC(C)C.CCC.O=C(CN(CC1CC1)C(=O)CNC(=O)C(NC(=O)c1cnccn1)C1CCCCC1)NCC(O)C(=O)NC1CC1. The van der Waals surface area contributed by atoms with Crippen molar-refractivity contribution in [1.82, 2.24) is 36.1 Å². The first-order chi connectivity index (χ1) is 22.4. The molecule has 1 aromatic rings. The molecule has 3 aliphatic carbocycles. The van der Waals surface area contributed by atoms with E-state index in [1.54, 1.807) is 0 Å². The molecule has 264 valence electrons. The van der Waals surface area contributed by atoms with Crippen molar-refractivity contribution in [2.75, 3.05) is 26.2 Å². The lowest BCUT2D eigenvalue weighted by atomic mass is 9.83. The van der Waals surface area contributed by atoms with Crippen LogP contribution in [0.2, 0.25) is 0 Å². The quantitative estimate of drug-likeness (QED) is 0.202. The van der Waals surface area contributed by atoms with Gasteiger partial charge in [-0.1, -0.05) is 60.3 Å². The van der Waals surface area contributed by atoms with Gasteiger partial charge in [-0.3, -0.25) is 29.0 Å². The Morgan fingerprint density at radius 3 is 2.11 bits per heavy atom. The Hall–Kier alpha value is -3.61. The number of nitrogens with one attached hydrogen (secondary N) is 4. The maximum atomic E-state index is 13.2. The zero-order chi connectivity index (χ0) is 34.8. The zero-order valence-corrected chi connectivity index (χ0v) is 28.9. The number of nitrogens with zero attached hydrogens (tertiary/aromatic N) is 3. The molecule has 4 rings (SSSR count). The Balaban J connectivity index is 0.00000100. The number of hydrogen-bond donors (Lipinski definition) is 5. The monoisotopic (exact) mass is 659 g/mol. The highest BCUT2D eigenvalue weighted by atomic mass is 16.3. The maximum Gasteiger partial charge on any atom is 0.272 e. The number of amides is 5. The zero-order valence-electron chi connectivity index (χ0n) is 28.9. The van der Waals surface area contributed by atoms with Gasteiger partial charge in [-0.15, -0.1) is 0 Å². The van der Waals surface area contributed by atoms with E-state index < -0.39 is 41.7 Å². The van der Waals surface area contributed by atoms with Crippen LogP contribution in [0.15, 0.2) is 18.6 Å². The number of hydrogen-bond acceptors (Lipinski definition) is 8. The summed E-state index contributed by atoms with van der Waals surface area (Å²) < 4.78 is 0. The largest absolute Gasteiger partial charge is 0.381 e. The van der Waals surface area contributed by atoms with Crippen LogP contribution in [-0.4, -0.2) is 93.9 Å². The summed E-state index contributed by atoms with van der Waals surface area (Å²) in [4.78, 5) is 72.8. The first-order valence-corrected chi connectivity index (χ1v) is 17.3. The van der Waals surface area contributed by atoms with Crippen molar-refractivity contribution in [3.63, 3.8) is 0 Å². The second-order valence-electron chi connectivity index (χ2n) is 13.4. The molecule has 0 radical (unpaired) electrons. The molecule has 0 bridgehead atoms. The topological polar surface area (TPSA) is 183 Å². The summed E-state index contributed by atoms with van der Waals surface area (Å²) in [5.41, 5.74) is 0.101. The number of carbonyl (C=O) groups is 5. The number of aliphatic hydroxyl groups excluding tert-OH is 1.